The molecule has 42 heavy (non-hydrogen) atoms. The first-order valence-corrected chi connectivity index (χ1v) is 17.7. The van der Waals surface area contributed by atoms with E-state index in [0.29, 0.717) is 56.6 Å². The van der Waals surface area contributed by atoms with Crippen LogP contribution in [-0.2, 0) is 21.3 Å². The van der Waals surface area contributed by atoms with E-state index in [1.807, 2.05) is 27.0 Å². The number of anilines is 1. The number of likely N-dealkylation sites (tertiary alicyclic amines) is 2. The predicted octanol–water partition coefficient (Wildman–Crippen LogP) is 4.81. The molecule has 2 aliphatic heterocycles. The van der Waals surface area contributed by atoms with Crippen LogP contribution in [0.5, 0.6) is 0 Å². The van der Waals surface area contributed by atoms with Crippen molar-refractivity contribution < 1.29 is 22.7 Å². The fourth-order valence-corrected chi connectivity index (χ4v) is 8.53. The zero-order chi connectivity index (χ0) is 30.7. The van der Waals surface area contributed by atoms with Gasteiger partial charge in [-0.1, -0.05) is 6.92 Å². The van der Waals surface area contributed by atoms with Crippen LogP contribution in [0, 0.1) is 5.92 Å². The van der Waals surface area contributed by atoms with E-state index in [1.54, 1.807) is 19.0 Å². The number of carbonyl (C=O) groups excluding carboxylic acids is 2. The molecule has 1 aromatic heterocycles. The molecule has 0 aromatic carbocycles. The summed E-state index contributed by atoms with van der Waals surface area (Å²) >= 11 is 1.48. The maximum Gasteiger partial charge on any atom is 0.410 e. The van der Waals surface area contributed by atoms with Crippen molar-refractivity contribution in [2.75, 3.05) is 45.6 Å². The minimum Gasteiger partial charge on any atom is -0.444 e. The van der Waals surface area contributed by atoms with Gasteiger partial charge in [-0.05, 0) is 91.1 Å². The molecule has 0 atom stereocenters. The van der Waals surface area contributed by atoms with E-state index >= 15 is 0 Å². The van der Waals surface area contributed by atoms with Crippen LogP contribution in [-0.4, -0.2) is 108 Å². The second kappa shape index (κ2) is 13.8. The third-order valence-electron chi connectivity index (χ3n) is 8.73. The quantitative estimate of drug-likeness (QED) is 0.462. The second-order valence-corrected chi connectivity index (χ2v) is 16.9. The van der Waals surface area contributed by atoms with Gasteiger partial charge in [0.1, 0.15) is 5.60 Å². The molecule has 2 saturated heterocycles. The average molecular weight is 627 g/mol. The highest BCUT2D eigenvalue weighted by molar-refractivity contribution is 7.89. The smallest absolute Gasteiger partial charge is 0.410 e. The summed E-state index contributed by atoms with van der Waals surface area (Å²) in [6.45, 7) is 11.2. The van der Waals surface area contributed by atoms with Crippen molar-refractivity contribution in [3.8, 4) is 0 Å². The normalized spacial score (nSPS) is 23.6. The Morgan fingerprint density at radius 2 is 1.60 bits per heavy atom. The van der Waals surface area contributed by atoms with Crippen molar-refractivity contribution >= 4 is 38.6 Å². The zero-order valence-corrected chi connectivity index (χ0v) is 27.8. The van der Waals surface area contributed by atoms with Crippen LogP contribution in [0.2, 0.25) is 0 Å². The van der Waals surface area contributed by atoms with Gasteiger partial charge in [-0.15, -0.1) is 11.3 Å². The van der Waals surface area contributed by atoms with Gasteiger partial charge in [0, 0.05) is 56.9 Å². The van der Waals surface area contributed by atoms with Gasteiger partial charge in [0.25, 0.3) is 0 Å². The molecule has 0 spiro atoms. The Bertz CT molecular complexity index is 1160. The Morgan fingerprint density at radius 3 is 2.17 bits per heavy atom. The molecule has 238 valence electrons. The molecule has 3 fully saturated rings. The van der Waals surface area contributed by atoms with Crippen molar-refractivity contribution in [2.24, 2.45) is 5.92 Å². The SMILES string of the molecule is CC1CCC(N(C(=O)Nc2ncc(CN3CCC(S(=O)(=O)N(C)C)CC3)s2)C2CCN(C(=O)OC(C)(C)C)CC2)CC1. The standard InChI is InChI=1S/C29H50N6O5S2/c1-21-7-9-22(10-8-21)35(23-11-17-34(18-12-23)28(37)40-29(2,3)4)27(36)31-26-30-19-24(41-26)20-33-15-13-25(14-16-33)42(38,39)32(5)6/h19,21-23,25H,7-18,20H2,1-6H3,(H,30,31,36). The van der Waals surface area contributed by atoms with E-state index < -0.39 is 15.6 Å². The van der Waals surface area contributed by atoms with E-state index in [4.69, 9.17) is 4.74 Å². The number of ether oxygens (including phenoxy) is 1. The molecule has 13 heteroatoms. The van der Waals surface area contributed by atoms with E-state index in [-0.39, 0.29) is 29.5 Å². The number of rotatable bonds is 7. The van der Waals surface area contributed by atoms with Crippen LogP contribution in [0.1, 0.15) is 83.9 Å². The van der Waals surface area contributed by atoms with Crippen molar-refractivity contribution in [1.82, 2.24) is 24.0 Å². The van der Waals surface area contributed by atoms with Crippen molar-refractivity contribution in [3.63, 3.8) is 0 Å². The van der Waals surface area contributed by atoms with Gasteiger partial charge >= 0.3 is 12.1 Å². The van der Waals surface area contributed by atoms with E-state index in [1.165, 1.54) is 15.6 Å². The largest absolute Gasteiger partial charge is 0.444 e. The van der Waals surface area contributed by atoms with Crippen LogP contribution in [0.25, 0.3) is 0 Å². The summed E-state index contributed by atoms with van der Waals surface area (Å²) in [5.74, 6) is 0.676. The Hall–Kier alpha value is -1.96. The molecule has 3 heterocycles. The number of amides is 3. The number of nitrogens with zero attached hydrogens (tertiary/aromatic N) is 5. The summed E-state index contributed by atoms with van der Waals surface area (Å²) in [6, 6.07) is 0.126. The first-order valence-electron chi connectivity index (χ1n) is 15.4. The van der Waals surface area contributed by atoms with Crippen molar-refractivity contribution in [2.45, 2.75) is 109 Å². The van der Waals surface area contributed by atoms with Gasteiger partial charge in [0.05, 0.1) is 5.25 Å². The lowest BCUT2D eigenvalue weighted by Gasteiger charge is -2.44. The maximum atomic E-state index is 13.8. The van der Waals surface area contributed by atoms with E-state index in [0.717, 1.165) is 43.4 Å². The highest BCUT2D eigenvalue weighted by Crippen LogP contribution is 2.32. The lowest BCUT2D eigenvalue weighted by atomic mass is 9.85. The average Bonchev–Trinajstić information content (AvgIpc) is 3.36. The number of sulfonamides is 1. The fraction of sp³-hybridized carbons (Fsp3) is 0.828. The van der Waals surface area contributed by atoms with Crippen molar-refractivity contribution in [1.29, 1.82) is 0 Å². The van der Waals surface area contributed by atoms with E-state index in [2.05, 4.69) is 27.0 Å². The summed E-state index contributed by atoms with van der Waals surface area (Å²) in [5.41, 5.74) is -0.533. The van der Waals surface area contributed by atoms with Gasteiger partial charge in [-0.25, -0.2) is 27.3 Å². The zero-order valence-electron chi connectivity index (χ0n) is 26.2. The molecule has 1 aromatic rings. The van der Waals surface area contributed by atoms with Crippen LogP contribution < -0.4 is 5.32 Å². The molecule has 11 nitrogen and oxygen atoms in total. The molecule has 1 saturated carbocycles. The molecule has 0 bridgehead atoms. The number of urea groups is 1. The molecule has 1 aliphatic carbocycles. The summed E-state index contributed by atoms with van der Waals surface area (Å²) in [6.07, 6.45) is 8.40. The van der Waals surface area contributed by atoms with Crippen LogP contribution in [0.15, 0.2) is 6.20 Å². The minimum absolute atomic E-state index is 0.0567. The summed E-state index contributed by atoms with van der Waals surface area (Å²) in [4.78, 5) is 38.0. The second-order valence-electron chi connectivity index (χ2n) is 13.4. The van der Waals surface area contributed by atoms with Crippen LogP contribution >= 0.6 is 11.3 Å². The first-order chi connectivity index (χ1) is 19.7. The van der Waals surface area contributed by atoms with E-state index in [9.17, 15) is 18.0 Å². The number of thiazole rings is 1. The molecule has 3 amide bonds. The van der Waals surface area contributed by atoms with Crippen LogP contribution in [0.3, 0.4) is 0 Å². The van der Waals surface area contributed by atoms with Gasteiger partial charge in [-0.3, -0.25) is 10.2 Å². The summed E-state index contributed by atoms with van der Waals surface area (Å²) < 4.78 is 31.9. The Morgan fingerprint density at radius 1 is 1.00 bits per heavy atom. The monoisotopic (exact) mass is 626 g/mol. The van der Waals surface area contributed by atoms with Gasteiger partial charge in [0.2, 0.25) is 10.0 Å². The summed E-state index contributed by atoms with van der Waals surface area (Å²) in [7, 11) is -0.0414. The number of aromatic nitrogens is 1. The van der Waals surface area contributed by atoms with Crippen LogP contribution in [0.4, 0.5) is 14.7 Å². The van der Waals surface area contributed by atoms with Gasteiger partial charge < -0.3 is 14.5 Å². The topological polar surface area (TPSA) is 115 Å². The number of hydrogen-bond donors (Lipinski definition) is 1. The fourth-order valence-electron chi connectivity index (χ4n) is 6.28. The number of carbonyl (C=O) groups is 2. The molecule has 4 rings (SSSR count). The Balaban J connectivity index is 1.35. The third kappa shape index (κ3) is 8.57. The lowest BCUT2D eigenvalue weighted by molar-refractivity contribution is 0.0136. The maximum absolute atomic E-state index is 13.8. The molecule has 3 aliphatic rings. The third-order valence-corrected chi connectivity index (χ3v) is 12.0. The molecular weight excluding hydrogens is 576 g/mol. The number of nitrogens with one attached hydrogen (secondary N) is 1. The van der Waals surface area contributed by atoms with Crippen molar-refractivity contribution in [3.05, 3.63) is 11.1 Å². The summed E-state index contributed by atoms with van der Waals surface area (Å²) in [5, 5.41) is 3.35. The highest BCUT2D eigenvalue weighted by atomic mass is 32.2. The first kappa shape index (κ1) is 32.9. The molecular formula is C29H50N6O5S2. The Labute approximate surface area is 256 Å². The Kier molecular flexibility index (Phi) is 10.8. The number of piperidine rings is 2. The highest BCUT2D eigenvalue weighted by Gasteiger charge is 2.37. The predicted molar refractivity (Wildman–Crippen MR) is 166 cm³/mol. The lowest BCUT2D eigenvalue weighted by Crippen LogP contribution is -2.54. The minimum atomic E-state index is -3.23. The molecule has 0 radical (unpaired) electrons. The number of hydrogen-bond acceptors (Lipinski definition) is 8. The molecule has 0 unspecified atom stereocenters. The van der Waals surface area contributed by atoms with Gasteiger partial charge in [0.15, 0.2) is 5.13 Å². The molecule has 1 N–H and O–H groups in total. The van der Waals surface area contributed by atoms with Gasteiger partial charge in [-0.2, -0.15) is 0 Å².